The Bertz CT molecular complexity index is 743. The SMILES string of the molecule is Cc1ccccc1CN1CCCN(C(=O)CNC(=O)c2ccco2)CC1. The van der Waals surface area contributed by atoms with Crippen molar-refractivity contribution in [1.82, 2.24) is 15.1 Å². The number of rotatable bonds is 5. The Morgan fingerprint density at radius 2 is 1.92 bits per heavy atom. The molecule has 0 bridgehead atoms. The van der Waals surface area contributed by atoms with Gasteiger partial charge in [0.1, 0.15) is 0 Å². The number of amides is 2. The fourth-order valence-electron chi connectivity index (χ4n) is 3.17. The van der Waals surface area contributed by atoms with Crippen LogP contribution in [0.15, 0.2) is 47.1 Å². The molecule has 3 rings (SSSR count). The average Bonchev–Trinajstić information content (AvgIpc) is 3.08. The van der Waals surface area contributed by atoms with Crippen LogP contribution in [0.3, 0.4) is 0 Å². The minimum atomic E-state index is -0.362. The monoisotopic (exact) mass is 355 g/mol. The second-order valence-electron chi connectivity index (χ2n) is 6.60. The maximum absolute atomic E-state index is 12.4. The van der Waals surface area contributed by atoms with E-state index in [0.29, 0.717) is 6.54 Å². The molecule has 1 aliphatic heterocycles. The van der Waals surface area contributed by atoms with Gasteiger partial charge in [0.25, 0.3) is 5.91 Å². The van der Waals surface area contributed by atoms with Crippen molar-refractivity contribution < 1.29 is 14.0 Å². The Morgan fingerprint density at radius 3 is 2.69 bits per heavy atom. The number of nitrogens with one attached hydrogen (secondary N) is 1. The molecule has 6 nitrogen and oxygen atoms in total. The first-order chi connectivity index (χ1) is 12.6. The number of nitrogens with zero attached hydrogens (tertiary/aromatic N) is 2. The molecule has 6 heteroatoms. The van der Waals surface area contributed by atoms with Crippen LogP contribution in [-0.2, 0) is 11.3 Å². The van der Waals surface area contributed by atoms with E-state index in [1.54, 1.807) is 12.1 Å². The van der Waals surface area contributed by atoms with Crippen molar-refractivity contribution in [3.05, 3.63) is 59.5 Å². The highest BCUT2D eigenvalue weighted by Gasteiger charge is 2.20. The summed E-state index contributed by atoms with van der Waals surface area (Å²) < 4.78 is 5.03. The zero-order chi connectivity index (χ0) is 18.4. The minimum Gasteiger partial charge on any atom is -0.459 e. The largest absolute Gasteiger partial charge is 0.459 e. The van der Waals surface area contributed by atoms with E-state index in [1.807, 2.05) is 4.90 Å². The van der Waals surface area contributed by atoms with Crippen LogP contribution in [0.5, 0.6) is 0 Å². The van der Waals surface area contributed by atoms with E-state index in [2.05, 4.69) is 41.4 Å². The number of hydrogen-bond acceptors (Lipinski definition) is 4. The molecule has 0 atom stereocenters. The first kappa shape index (κ1) is 18.2. The van der Waals surface area contributed by atoms with Crippen molar-refractivity contribution in [2.24, 2.45) is 0 Å². The lowest BCUT2D eigenvalue weighted by atomic mass is 10.1. The van der Waals surface area contributed by atoms with Crippen LogP contribution < -0.4 is 5.32 Å². The highest BCUT2D eigenvalue weighted by molar-refractivity contribution is 5.94. The summed E-state index contributed by atoms with van der Waals surface area (Å²) in [5.41, 5.74) is 2.63. The molecule has 2 aromatic rings. The van der Waals surface area contributed by atoms with E-state index in [0.717, 1.165) is 32.6 Å². The van der Waals surface area contributed by atoms with Gasteiger partial charge in [0, 0.05) is 32.7 Å². The van der Waals surface area contributed by atoms with Crippen molar-refractivity contribution in [2.75, 3.05) is 32.7 Å². The molecule has 26 heavy (non-hydrogen) atoms. The van der Waals surface area contributed by atoms with Crippen molar-refractivity contribution in [2.45, 2.75) is 19.9 Å². The van der Waals surface area contributed by atoms with E-state index < -0.39 is 0 Å². The Labute approximate surface area is 153 Å². The molecule has 1 saturated heterocycles. The summed E-state index contributed by atoms with van der Waals surface area (Å²) in [5, 5.41) is 2.62. The van der Waals surface area contributed by atoms with Crippen LogP contribution in [0, 0.1) is 6.92 Å². The number of benzene rings is 1. The molecule has 1 fully saturated rings. The van der Waals surface area contributed by atoms with Crippen molar-refractivity contribution >= 4 is 11.8 Å². The molecule has 0 aliphatic carbocycles. The van der Waals surface area contributed by atoms with Gasteiger partial charge in [-0.1, -0.05) is 24.3 Å². The molecular formula is C20H25N3O3. The summed E-state index contributed by atoms with van der Waals surface area (Å²) in [4.78, 5) is 28.5. The van der Waals surface area contributed by atoms with Crippen LogP contribution in [-0.4, -0.2) is 54.3 Å². The minimum absolute atomic E-state index is 0.00265. The number of carbonyl (C=O) groups is 2. The van der Waals surface area contributed by atoms with E-state index in [9.17, 15) is 9.59 Å². The van der Waals surface area contributed by atoms with Crippen molar-refractivity contribution in [3.63, 3.8) is 0 Å². The fraction of sp³-hybridized carbons (Fsp3) is 0.400. The summed E-state index contributed by atoms with van der Waals surface area (Å²) in [6.07, 6.45) is 2.37. The van der Waals surface area contributed by atoms with Crippen LogP contribution in [0.25, 0.3) is 0 Å². The Balaban J connectivity index is 1.47. The zero-order valence-corrected chi connectivity index (χ0v) is 15.1. The standard InChI is InChI=1S/C20H25N3O3/c1-16-6-2-3-7-17(16)15-22-9-5-10-23(12-11-22)19(24)14-21-20(25)18-8-4-13-26-18/h2-4,6-8,13H,5,9-12,14-15H2,1H3,(H,21,25). The molecule has 1 N–H and O–H groups in total. The van der Waals surface area contributed by atoms with Crippen LogP contribution in [0.2, 0.25) is 0 Å². The number of hydrogen-bond donors (Lipinski definition) is 1. The van der Waals surface area contributed by atoms with Gasteiger partial charge in [0.05, 0.1) is 12.8 Å². The third-order valence-electron chi connectivity index (χ3n) is 4.74. The van der Waals surface area contributed by atoms with Gasteiger partial charge in [0.15, 0.2) is 5.76 Å². The predicted molar refractivity (Wildman–Crippen MR) is 98.7 cm³/mol. The molecule has 1 aromatic heterocycles. The number of aryl methyl sites for hydroxylation is 1. The Morgan fingerprint density at radius 1 is 1.08 bits per heavy atom. The topological polar surface area (TPSA) is 65.8 Å². The molecule has 138 valence electrons. The van der Waals surface area contributed by atoms with Gasteiger partial charge in [-0.2, -0.15) is 0 Å². The highest BCUT2D eigenvalue weighted by Crippen LogP contribution is 2.12. The van der Waals surface area contributed by atoms with Gasteiger partial charge in [-0.05, 0) is 36.6 Å². The lowest BCUT2D eigenvalue weighted by Gasteiger charge is -2.22. The molecule has 0 spiro atoms. The molecule has 0 unspecified atom stereocenters. The van der Waals surface area contributed by atoms with Crippen LogP contribution >= 0.6 is 0 Å². The summed E-state index contributed by atoms with van der Waals surface area (Å²) >= 11 is 0. The summed E-state index contributed by atoms with van der Waals surface area (Å²) in [6, 6.07) is 11.6. The number of carbonyl (C=O) groups excluding carboxylic acids is 2. The maximum atomic E-state index is 12.4. The highest BCUT2D eigenvalue weighted by atomic mass is 16.3. The molecule has 2 heterocycles. The maximum Gasteiger partial charge on any atom is 0.287 e. The Hall–Kier alpha value is -2.60. The van der Waals surface area contributed by atoms with Gasteiger partial charge < -0.3 is 14.6 Å². The summed E-state index contributed by atoms with van der Waals surface area (Å²) in [6.45, 7) is 6.25. The molecular weight excluding hydrogens is 330 g/mol. The second-order valence-corrected chi connectivity index (χ2v) is 6.60. The molecule has 0 saturated carbocycles. The lowest BCUT2D eigenvalue weighted by molar-refractivity contribution is -0.130. The van der Waals surface area contributed by atoms with Gasteiger partial charge in [-0.25, -0.2) is 0 Å². The molecule has 2 amide bonds. The van der Waals surface area contributed by atoms with E-state index in [-0.39, 0.29) is 24.1 Å². The first-order valence-corrected chi connectivity index (χ1v) is 9.00. The van der Waals surface area contributed by atoms with E-state index in [4.69, 9.17) is 4.42 Å². The van der Waals surface area contributed by atoms with Crippen LogP contribution in [0.1, 0.15) is 28.1 Å². The smallest absolute Gasteiger partial charge is 0.287 e. The predicted octanol–water partition coefficient (Wildman–Crippen LogP) is 2.05. The third-order valence-corrected chi connectivity index (χ3v) is 4.74. The van der Waals surface area contributed by atoms with Gasteiger partial charge in [0.2, 0.25) is 5.91 Å². The fourth-order valence-corrected chi connectivity index (χ4v) is 3.17. The Kier molecular flexibility index (Phi) is 6.07. The van der Waals surface area contributed by atoms with Gasteiger partial charge in [-0.15, -0.1) is 0 Å². The summed E-state index contributed by atoms with van der Waals surface area (Å²) in [5.74, 6) is -0.194. The molecule has 0 radical (unpaired) electrons. The molecule has 1 aliphatic rings. The summed E-state index contributed by atoms with van der Waals surface area (Å²) in [7, 11) is 0. The third kappa shape index (κ3) is 4.73. The zero-order valence-electron chi connectivity index (χ0n) is 15.1. The van der Waals surface area contributed by atoms with Gasteiger partial charge in [-0.3, -0.25) is 14.5 Å². The van der Waals surface area contributed by atoms with E-state index in [1.165, 1.54) is 17.4 Å². The normalized spacial score (nSPS) is 15.5. The first-order valence-electron chi connectivity index (χ1n) is 9.00. The number of furan rings is 1. The van der Waals surface area contributed by atoms with E-state index >= 15 is 0 Å². The second kappa shape index (κ2) is 8.67. The quantitative estimate of drug-likeness (QED) is 0.892. The lowest BCUT2D eigenvalue weighted by Crippen LogP contribution is -2.41. The van der Waals surface area contributed by atoms with Gasteiger partial charge >= 0.3 is 0 Å². The average molecular weight is 355 g/mol. The van der Waals surface area contributed by atoms with Crippen molar-refractivity contribution in [1.29, 1.82) is 0 Å². The van der Waals surface area contributed by atoms with Crippen LogP contribution in [0.4, 0.5) is 0 Å². The van der Waals surface area contributed by atoms with Crippen molar-refractivity contribution in [3.8, 4) is 0 Å². The molecule has 1 aromatic carbocycles.